The van der Waals surface area contributed by atoms with E-state index in [2.05, 4.69) is 53.5 Å². The van der Waals surface area contributed by atoms with E-state index in [1.54, 1.807) is 7.15 Å². The average Bonchev–Trinajstić information content (AvgIpc) is 2.52. The van der Waals surface area contributed by atoms with Crippen LogP contribution in [0, 0.1) is 3.57 Å². The molecule has 102 valence electrons. The zero-order valence-electron chi connectivity index (χ0n) is 12.4. The quantitative estimate of drug-likeness (QED) is 0.431. The molecule has 0 spiro atoms. The zero-order valence-corrected chi connectivity index (χ0v) is 14.6. The summed E-state index contributed by atoms with van der Waals surface area (Å²) in [6.07, 6.45) is 9.54. The Hall–Kier alpha value is -0.570. The minimum atomic E-state index is -1.05. The Balaban J connectivity index is 0.000000659. The number of rotatable bonds is 2. The van der Waals surface area contributed by atoms with E-state index in [-0.39, 0.29) is 0 Å². The molecule has 0 N–H and O–H groups in total. The van der Waals surface area contributed by atoms with Crippen molar-refractivity contribution in [1.29, 1.82) is 0 Å². The summed E-state index contributed by atoms with van der Waals surface area (Å²) in [5.41, 5.74) is 0. The minimum absolute atomic E-state index is 1.05. The molecule has 0 heterocycles. The predicted octanol–water partition coefficient (Wildman–Crippen LogP) is 6.28. The maximum absolute atomic E-state index is 2.43. The number of allylic oxidation sites excluding steroid dienone is 4. The van der Waals surface area contributed by atoms with Crippen LogP contribution in [0.3, 0.4) is 0 Å². The van der Waals surface area contributed by atoms with Gasteiger partial charge in [0, 0.05) is 0 Å². The van der Waals surface area contributed by atoms with E-state index >= 15 is 0 Å². The summed E-state index contributed by atoms with van der Waals surface area (Å²) in [6, 6.07) is 10.9. The van der Waals surface area contributed by atoms with Gasteiger partial charge >= 0.3 is 93.3 Å². The van der Waals surface area contributed by atoms with Crippen molar-refractivity contribution in [2.45, 2.75) is 40.5 Å². The molecule has 0 radical (unpaired) electrons. The Kier molecular flexibility index (Phi) is 11.2. The van der Waals surface area contributed by atoms with Crippen molar-refractivity contribution in [2.24, 2.45) is 0 Å². The van der Waals surface area contributed by atoms with Gasteiger partial charge in [-0.2, -0.15) is 0 Å². The maximum atomic E-state index is 2.43. The van der Waals surface area contributed by atoms with Gasteiger partial charge in [-0.15, -0.1) is 0 Å². The molecule has 1 aromatic rings. The Morgan fingerprint density at radius 1 is 0.889 bits per heavy atom. The molecule has 1 aliphatic carbocycles. The molecule has 0 unspecified atom stereocenters. The number of hydrogen-bond donors (Lipinski definition) is 0. The summed E-state index contributed by atoms with van der Waals surface area (Å²) in [4.78, 5) is 2.43. The molecule has 0 saturated heterocycles. The molecular formula is C17H27I. The first-order valence-corrected chi connectivity index (χ1v) is 11.2. The summed E-state index contributed by atoms with van der Waals surface area (Å²) in [6.45, 7) is 8.00. The van der Waals surface area contributed by atoms with Crippen molar-refractivity contribution in [1.82, 2.24) is 0 Å². The van der Waals surface area contributed by atoms with Gasteiger partial charge in [0.15, 0.2) is 0 Å². The van der Waals surface area contributed by atoms with E-state index in [0.29, 0.717) is 0 Å². The van der Waals surface area contributed by atoms with Crippen molar-refractivity contribution >= 4 is 19.8 Å². The molecule has 0 aliphatic heterocycles. The summed E-state index contributed by atoms with van der Waals surface area (Å²) in [7, 11) is 0. The fraction of sp³-hybridized carbons (Fsp3) is 0.412. The van der Waals surface area contributed by atoms with Gasteiger partial charge in [0.25, 0.3) is 0 Å². The normalized spacial score (nSPS) is 13.4. The van der Waals surface area contributed by atoms with Crippen LogP contribution in [-0.2, 0) is 0 Å². The molecule has 1 aromatic carbocycles. The van der Waals surface area contributed by atoms with Crippen molar-refractivity contribution in [2.75, 3.05) is 4.93 Å². The van der Waals surface area contributed by atoms with Gasteiger partial charge in [-0.05, 0) is 0 Å². The SMILES string of the molecule is CC.CC.CI(C1=CCCC=C1)c1ccccc1. The predicted molar refractivity (Wildman–Crippen MR) is 94.2 cm³/mol. The zero-order chi connectivity index (χ0) is 13.8. The van der Waals surface area contributed by atoms with Gasteiger partial charge in [-0.25, -0.2) is 0 Å². The topological polar surface area (TPSA) is 0 Å². The standard InChI is InChI=1S/C13H15I.2C2H6/c1-14(12-8-4-2-5-9-12)13-10-6-3-7-11-13;2*1-2/h2,4-6,8-11H,3,7H2,1H3;2*1-2H3. The summed E-state index contributed by atoms with van der Waals surface area (Å²) in [5, 5.41) is 0. The third kappa shape index (κ3) is 5.85. The molecule has 0 aromatic heterocycles. The average molecular weight is 358 g/mol. The molecule has 0 atom stereocenters. The molecule has 0 saturated carbocycles. The van der Waals surface area contributed by atoms with Crippen molar-refractivity contribution in [3.8, 4) is 0 Å². The number of halogens is 1. The van der Waals surface area contributed by atoms with Gasteiger partial charge in [-0.3, -0.25) is 0 Å². The monoisotopic (exact) mass is 358 g/mol. The van der Waals surface area contributed by atoms with E-state index in [4.69, 9.17) is 0 Å². The van der Waals surface area contributed by atoms with Gasteiger partial charge in [-0.1, -0.05) is 27.7 Å². The molecule has 2 rings (SSSR count). The van der Waals surface area contributed by atoms with Crippen LogP contribution in [0.25, 0.3) is 0 Å². The van der Waals surface area contributed by atoms with Crippen molar-refractivity contribution in [3.63, 3.8) is 0 Å². The summed E-state index contributed by atoms with van der Waals surface area (Å²) < 4.78 is 3.18. The van der Waals surface area contributed by atoms with Crippen molar-refractivity contribution in [3.05, 3.63) is 55.7 Å². The Bertz CT molecular complexity index is 349. The number of benzene rings is 1. The van der Waals surface area contributed by atoms with Crippen molar-refractivity contribution < 1.29 is 0 Å². The van der Waals surface area contributed by atoms with E-state index < -0.39 is 19.8 Å². The molecule has 0 nitrogen and oxygen atoms in total. The Morgan fingerprint density at radius 2 is 1.50 bits per heavy atom. The first-order valence-electron chi connectivity index (χ1n) is 6.89. The molecule has 18 heavy (non-hydrogen) atoms. The molecular weight excluding hydrogens is 331 g/mol. The third-order valence-electron chi connectivity index (χ3n) is 2.34. The number of hydrogen-bond acceptors (Lipinski definition) is 0. The van der Waals surface area contributed by atoms with E-state index in [9.17, 15) is 0 Å². The van der Waals surface area contributed by atoms with Crippen LogP contribution >= 0.6 is 19.8 Å². The van der Waals surface area contributed by atoms with Crippen LogP contribution < -0.4 is 0 Å². The molecule has 1 aliphatic rings. The number of alkyl halides is 1. The third-order valence-corrected chi connectivity index (χ3v) is 7.59. The molecule has 0 bridgehead atoms. The van der Waals surface area contributed by atoms with Crippen LogP contribution in [0.5, 0.6) is 0 Å². The van der Waals surface area contributed by atoms with Gasteiger partial charge in [0.2, 0.25) is 0 Å². The van der Waals surface area contributed by atoms with E-state index in [0.717, 1.165) is 0 Å². The van der Waals surface area contributed by atoms with Crippen LogP contribution in [-0.4, -0.2) is 4.93 Å². The second-order valence-corrected chi connectivity index (χ2v) is 8.52. The van der Waals surface area contributed by atoms with Crippen LogP contribution in [0.1, 0.15) is 40.5 Å². The van der Waals surface area contributed by atoms with Gasteiger partial charge in [0.1, 0.15) is 0 Å². The fourth-order valence-electron chi connectivity index (χ4n) is 1.52. The van der Waals surface area contributed by atoms with Crippen LogP contribution in [0.15, 0.2) is 52.1 Å². The first kappa shape index (κ1) is 17.4. The van der Waals surface area contributed by atoms with Crippen LogP contribution in [0.4, 0.5) is 0 Å². The Labute approximate surface area is 121 Å². The van der Waals surface area contributed by atoms with E-state index in [1.165, 1.54) is 12.8 Å². The fourth-order valence-corrected chi connectivity index (χ4v) is 5.50. The van der Waals surface area contributed by atoms with Gasteiger partial charge < -0.3 is 0 Å². The van der Waals surface area contributed by atoms with Crippen LogP contribution in [0.2, 0.25) is 0 Å². The second-order valence-electron chi connectivity index (χ2n) is 3.34. The Morgan fingerprint density at radius 3 is 2.00 bits per heavy atom. The molecule has 0 fully saturated rings. The first-order chi connectivity index (χ1) is 8.88. The molecule has 1 heteroatoms. The van der Waals surface area contributed by atoms with E-state index in [1.807, 2.05) is 27.7 Å². The van der Waals surface area contributed by atoms with Gasteiger partial charge in [0.05, 0.1) is 0 Å². The summed E-state index contributed by atoms with van der Waals surface area (Å²) >= 11 is -1.05. The molecule has 0 amide bonds. The second kappa shape index (κ2) is 11.5. The summed E-state index contributed by atoms with van der Waals surface area (Å²) in [5.74, 6) is 0.